The minimum absolute atomic E-state index is 0.752. The fourth-order valence-corrected chi connectivity index (χ4v) is 2.67. The summed E-state index contributed by atoms with van der Waals surface area (Å²) in [4.78, 5) is 7.93. The molecule has 4 heteroatoms. The summed E-state index contributed by atoms with van der Waals surface area (Å²) in [5.41, 5.74) is 1.17. The van der Waals surface area contributed by atoms with Crippen molar-refractivity contribution < 1.29 is 0 Å². The highest BCUT2D eigenvalue weighted by Crippen LogP contribution is 2.28. The molecule has 1 saturated carbocycles. The number of anilines is 2. The van der Waals surface area contributed by atoms with Crippen LogP contribution in [0.15, 0.2) is 36.5 Å². The Labute approximate surface area is 111 Å². The lowest BCUT2D eigenvalue weighted by Crippen LogP contribution is -2.14. The van der Waals surface area contributed by atoms with Gasteiger partial charge in [0.25, 0.3) is 0 Å². The van der Waals surface area contributed by atoms with Crippen LogP contribution in [0.5, 0.6) is 0 Å². The minimum atomic E-state index is 0.752. The van der Waals surface area contributed by atoms with E-state index in [1.807, 2.05) is 12.3 Å². The molecule has 94 valence electrons. The first-order valence-corrected chi connectivity index (χ1v) is 7.11. The summed E-state index contributed by atoms with van der Waals surface area (Å²) in [7, 11) is 2.06. The molecule has 1 aromatic heterocycles. The lowest BCUT2D eigenvalue weighted by Gasteiger charge is -2.15. The number of para-hydroxylation sites is 1. The molecule has 0 atom stereocenters. The van der Waals surface area contributed by atoms with Gasteiger partial charge in [-0.2, -0.15) is 0 Å². The number of nitrogens with one attached hydrogen (secondary N) is 1. The largest absolute Gasteiger partial charge is 0.321 e. The van der Waals surface area contributed by atoms with E-state index in [1.165, 1.54) is 23.4 Å². The maximum atomic E-state index is 4.50. The summed E-state index contributed by atoms with van der Waals surface area (Å²) in [5, 5.41) is 4.57. The molecule has 0 spiro atoms. The summed E-state index contributed by atoms with van der Waals surface area (Å²) in [6, 6.07) is 11.1. The Morgan fingerprint density at radius 2 is 2.11 bits per heavy atom. The first-order chi connectivity index (χ1) is 8.83. The second-order valence-electron chi connectivity index (χ2n) is 4.66. The van der Waals surface area contributed by atoms with E-state index in [4.69, 9.17) is 0 Å². The number of rotatable bonds is 5. The van der Waals surface area contributed by atoms with Gasteiger partial charge in [0, 0.05) is 36.4 Å². The lowest BCUT2D eigenvalue weighted by atomic mass is 10.3. The summed E-state index contributed by atoms with van der Waals surface area (Å²) < 4.78 is 0. The molecule has 3 nitrogen and oxygen atoms in total. The van der Waals surface area contributed by atoms with Crippen molar-refractivity contribution in [1.82, 2.24) is 10.3 Å². The first kappa shape index (κ1) is 11.7. The monoisotopic (exact) mass is 259 g/mol. The van der Waals surface area contributed by atoms with E-state index < -0.39 is 0 Å². The van der Waals surface area contributed by atoms with E-state index >= 15 is 0 Å². The maximum absolute atomic E-state index is 4.50. The molecule has 1 N–H and O–H groups in total. The maximum Gasteiger partial charge on any atom is 0.189 e. The molecule has 1 heterocycles. The molecule has 0 unspecified atom stereocenters. The van der Waals surface area contributed by atoms with Crippen molar-refractivity contribution in [2.75, 3.05) is 11.9 Å². The van der Waals surface area contributed by atoms with Gasteiger partial charge in [0.15, 0.2) is 5.13 Å². The molecule has 3 rings (SSSR count). The second-order valence-corrected chi connectivity index (χ2v) is 5.75. The number of benzene rings is 1. The molecule has 1 fully saturated rings. The van der Waals surface area contributed by atoms with Gasteiger partial charge in [0.05, 0.1) is 0 Å². The lowest BCUT2D eigenvalue weighted by molar-refractivity contribution is 0.694. The second kappa shape index (κ2) is 5.08. The average molecular weight is 259 g/mol. The van der Waals surface area contributed by atoms with E-state index in [2.05, 4.69) is 46.5 Å². The van der Waals surface area contributed by atoms with Crippen LogP contribution in [-0.2, 0) is 6.54 Å². The van der Waals surface area contributed by atoms with E-state index in [-0.39, 0.29) is 0 Å². The highest BCUT2D eigenvalue weighted by atomic mass is 32.1. The molecule has 1 aliphatic rings. The Bertz CT molecular complexity index is 505. The Balaban J connectivity index is 1.68. The topological polar surface area (TPSA) is 28.2 Å². The summed E-state index contributed by atoms with van der Waals surface area (Å²) in [6.07, 6.45) is 4.64. The van der Waals surface area contributed by atoms with Crippen LogP contribution in [0.2, 0.25) is 0 Å². The SMILES string of the molecule is CN(c1ccccc1)c1ncc(CNC2CC2)s1. The third-order valence-corrected chi connectivity index (χ3v) is 4.19. The Morgan fingerprint density at radius 1 is 1.33 bits per heavy atom. The van der Waals surface area contributed by atoms with E-state index in [0.717, 1.165) is 17.7 Å². The molecule has 1 aliphatic carbocycles. The van der Waals surface area contributed by atoms with E-state index in [9.17, 15) is 0 Å². The zero-order valence-electron chi connectivity index (χ0n) is 10.5. The molecule has 0 radical (unpaired) electrons. The zero-order chi connectivity index (χ0) is 12.4. The van der Waals surface area contributed by atoms with Gasteiger partial charge in [0.2, 0.25) is 0 Å². The fourth-order valence-electron chi connectivity index (χ4n) is 1.83. The van der Waals surface area contributed by atoms with Crippen molar-refractivity contribution in [1.29, 1.82) is 0 Å². The molecule has 18 heavy (non-hydrogen) atoms. The highest BCUT2D eigenvalue weighted by molar-refractivity contribution is 7.15. The predicted molar refractivity (Wildman–Crippen MR) is 76.5 cm³/mol. The van der Waals surface area contributed by atoms with Crippen molar-refractivity contribution in [3.8, 4) is 0 Å². The van der Waals surface area contributed by atoms with Gasteiger partial charge in [0.1, 0.15) is 0 Å². The average Bonchev–Trinajstić information content (AvgIpc) is 3.14. The van der Waals surface area contributed by atoms with Crippen molar-refractivity contribution in [3.05, 3.63) is 41.4 Å². The summed E-state index contributed by atoms with van der Waals surface area (Å²) >= 11 is 1.76. The van der Waals surface area contributed by atoms with Crippen LogP contribution in [0.4, 0.5) is 10.8 Å². The summed E-state index contributed by atoms with van der Waals surface area (Å²) in [5.74, 6) is 0. The van der Waals surface area contributed by atoms with Crippen molar-refractivity contribution in [2.24, 2.45) is 0 Å². The van der Waals surface area contributed by atoms with Crippen LogP contribution in [0.1, 0.15) is 17.7 Å². The Morgan fingerprint density at radius 3 is 2.83 bits per heavy atom. The van der Waals surface area contributed by atoms with Crippen LogP contribution in [-0.4, -0.2) is 18.1 Å². The van der Waals surface area contributed by atoms with Gasteiger partial charge < -0.3 is 10.2 Å². The van der Waals surface area contributed by atoms with Crippen molar-refractivity contribution in [2.45, 2.75) is 25.4 Å². The van der Waals surface area contributed by atoms with Gasteiger partial charge in [-0.1, -0.05) is 18.2 Å². The quantitative estimate of drug-likeness (QED) is 0.894. The molecule has 0 bridgehead atoms. The van der Waals surface area contributed by atoms with Gasteiger partial charge in [-0.15, -0.1) is 11.3 Å². The predicted octanol–water partition coefficient (Wildman–Crippen LogP) is 3.16. The van der Waals surface area contributed by atoms with Gasteiger partial charge in [-0.25, -0.2) is 4.98 Å². The van der Waals surface area contributed by atoms with Gasteiger partial charge in [-0.3, -0.25) is 0 Å². The third kappa shape index (κ3) is 2.71. The zero-order valence-corrected chi connectivity index (χ0v) is 11.3. The van der Waals surface area contributed by atoms with Crippen LogP contribution in [0.25, 0.3) is 0 Å². The Hall–Kier alpha value is -1.39. The van der Waals surface area contributed by atoms with Gasteiger partial charge >= 0.3 is 0 Å². The first-order valence-electron chi connectivity index (χ1n) is 6.30. The van der Waals surface area contributed by atoms with E-state index in [1.54, 1.807) is 11.3 Å². The fraction of sp³-hybridized carbons (Fsp3) is 0.357. The molecule has 2 aromatic rings. The smallest absolute Gasteiger partial charge is 0.189 e. The molecular weight excluding hydrogens is 242 g/mol. The van der Waals surface area contributed by atoms with Crippen LogP contribution < -0.4 is 10.2 Å². The number of hydrogen-bond acceptors (Lipinski definition) is 4. The third-order valence-electron chi connectivity index (χ3n) is 3.11. The van der Waals surface area contributed by atoms with Crippen LogP contribution in [0, 0.1) is 0 Å². The highest BCUT2D eigenvalue weighted by Gasteiger charge is 2.20. The van der Waals surface area contributed by atoms with Crippen molar-refractivity contribution in [3.63, 3.8) is 0 Å². The summed E-state index contributed by atoms with van der Waals surface area (Å²) in [6.45, 7) is 0.949. The number of thiazole rings is 1. The number of hydrogen-bond donors (Lipinski definition) is 1. The Kier molecular flexibility index (Phi) is 3.30. The minimum Gasteiger partial charge on any atom is -0.321 e. The number of aromatic nitrogens is 1. The van der Waals surface area contributed by atoms with Crippen LogP contribution >= 0.6 is 11.3 Å². The van der Waals surface area contributed by atoms with Crippen molar-refractivity contribution >= 4 is 22.2 Å². The molecule has 0 aliphatic heterocycles. The molecule has 0 saturated heterocycles. The molecule has 0 amide bonds. The van der Waals surface area contributed by atoms with Crippen LogP contribution in [0.3, 0.4) is 0 Å². The van der Waals surface area contributed by atoms with E-state index in [0.29, 0.717) is 0 Å². The molecular formula is C14H17N3S. The number of nitrogens with zero attached hydrogens (tertiary/aromatic N) is 2. The normalized spacial score (nSPS) is 14.7. The van der Waals surface area contributed by atoms with Gasteiger partial charge in [-0.05, 0) is 25.0 Å². The standard InChI is InChI=1S/C14H17N3S/c1-17(12-5-3-2-4-6-12)14-16-10-13(18-14)9-15-11-7-8-11/h2-6,10-11,15H,7-9H2,1H3. The molecule has 1 aromatic carbocycles.